The highest BCUT2D eigenvalue weighted by atomic mass is 32.2. The Balaban J connectivity index is 1.92. The summed E-state index contributed by atoms with van der Waals surface area (Å²) in [4.78, 5) is 26.4. The molecule has 9 heteroatoms. The number of rotatable bonds is 9. The van der Waals surface area contributed by atoms with Crippen molar-refractivity contribution >= 4 is 23.7 Å². The highest BCUT2D eigenvalue weighted by Crippen LogP contribution is 2.17. The van der Waals surface area contributed by atoms with Gasteiger partial charge >= 0.3 is 11.9 Å². The van der Waals surface area contributed by atoms with Gasteiger partial charge in [-0.15, -0.1) is 16.9 Å². The number of methoxy groups -OCH3 is 1. The van der Waals surface area contributed by atoms with Crippen LogP contribution in [0.2, 0.25) is 0 Å². The number of ether oxygens (including phenoxy) is 2. The SMILES string of the molecule is COC(=O)c1nn(CCSc2ccccc2)nc1CNCC(=O)OC(C)(C)C. The predicted octanol–water partition coefficient (Wildman–Crippen LogP) is 2.29. The molecule has 1 N–H and O–H groups in total. The van der Waals surface area contributed by atoms with Gasteiger partial charge in [-0.1, -0.05) is 18.2 Å². The Morgan fingerprint density at radius 2 is 1.89 bits per heavy atom. The first-order valence-electron chi connectivity index (χ1n) is 8.91. The monoisotopic (exact) mass is 406 g/mol. The number of hydrogen-bond acceptors (Lipinski definition) is 8. The lowest BCUT2D eigenvalue weighted by Gasteiger charge is -2.19. The van der Waals surface area contributed by atoms with Crippen molar-refractivity contribution in [3.63, 3.8) is 0 Å². The summed E-state index contributed by atoms with van der Waals surface area (Å²) in [6.45, 7) is 6.16. The molecule has 0 amide bonds. The third kappa shape index (κ3) is 7.32. The summed E-state index contributed by atoms with van der Waals surface area (Å²) in [7, 11) is 1.30. The molecule has 0 aliphatic carbocycles. The van der Waals surface area contributed by atoms with Gasteiger partial charge in [0.05, 0.1) is 20.2 Å². The van der Waals surface area contributed by atoms with Crippen molar-refractivity contribution in [3.8, 4) is 0 Å². The smallest absolute Gasteiger partial charge is 0.360 e. The van der Waals surface area contributed by atoms with Gasteiger partial charge in [0, 0.05) is 17.2 Å². The van der Waals surface area contributed by atoms with Gasteiger partial charge in [-0.25, -0.2) is 4.79 Å². The zero-order chi connectivity index (χ0) is 20.6. The van der Waals surface area contributed by atoms with E-state index in [1.807, 2.05) is 30.3 Å². The van der Waals surface area contributed by atoms with Crippen LogP contribution < -0.4 is 5.32 Å². The Kier molecular flexibility index (Phi) is 8.01. The van der Waals surface area contributed by atoms with Crippen LogP contribution in [0.5, 0.6) is 0 Å². The fourth-order valence-electron chi connectivity index (χ4n) is 2.28. The van der Waals surface area contributed by atoms with E-state index in [0.717, 1.165) is 10.6 Å². The molecule has 0 bridgehead atoms. The molecule has 0 unspecified atom stereocenters. The maximum atomic E-state index is 12.0. The van der Waals surface area contributed by atoms with Crippen LogP contribution in [0.1, 0.15) is 37.0 Å². The summed E-state index contributed by atoms with van der Waals surface area (Å²) in [5.41, 5.74) is 0.0270. The van der Waals surface area contributed by atoms with E-state index in [1.54, 1.807) is 32.5 Å². The van der Waals surface area contributed by atoms with Crippen molar-refractivity contribution in [2.75, 3.05) is 19.4 Å². The normalized spacial score (nSPS) is 11.3. The lowest BCUT2D eigenvalue weighted by atomic mass is 10.2. The molecule has 0 saturated carbocycles. The van der Waals surface area contributed by atoms with Crippen molar-refractivity contribution in [1.29, 1.82) is 0 Å². The maximum Gasteiger partial charge on any atom is 0.360 e. The molecule has 0 aliphatic heterocycles. The van der Waals surface area contributed by atoms with Crippen LogP contribution in [0, 0.1) is 0 Å². The summed E-state index contributed by atoms with van der Waals surface area (Å²) in [6, 6.07) is 10.0. The van der Waals surface area contributed by atoms with Crippen LogP contribution in [0.4, 0.5) is 0 Å². The van der Waals surface area contributed by atoms with Crippen molar-refractivity contribution in [3.05, 3.63) is 41.7 Å². The third-order valence-electron chi connectivity index (χ3n) is 3.39. The summed E-state index contributed by atoms with van der Waals surface area (Å²) in [5.74, 6) is -0.181. The van der Waals surface area contributed by atoms with Crippen LogP contribution in [0.15, 0.2) is 35.2 Å². The van der Waals surface area contributed by atoms with E-state index in [0.29, 0.717) is 12.2 Å². The first-order valence-corrected chi connectivity index (χ1v) is 9.90. The number of aromatic nitrogens is 3. The third-order valence-corrected chi connectivity index (χ3v) is 4.38. The summed E-state index contributed by atoms with van der Waals surface area (Å²) >= 11 is 1.68. The van der Waals surface area contributed by atoms with E-state index in [-0.39, 0.29) is 24.8 Å². The topological polar surface area (TPSA) is 95.3 Å². The molecular formula is C19H26N4O4S. The molecular weight excluding hydrogens is 380 g/mol. The minimum absolute atomic E-state index is 0.00853. The van der Waals surface area contributed by atoms with Crippen molar-refractivity contribution < 1.29 is 19.1 Å². The first-order chi connectivity index (χ1) is 13.3. The van der Waals surface area contributed by atoms with Crippen molar-refractivity contribution in [1.82, 2.24) is 20.3 Å². The molecule has 0 fully saturated rings. The minimum atomic E-state index is -0.559. The Hall–Kier alpha value is -2.39. The van der Waals surface area contributed by atoms with Gasteiger partial charge < -0.3 is 14.8 Å². The molecule has 1 heterocycles. The second-order valence-electron chi connectivity index (χ2n) is 6.93. The molecule has 2 aromatic rings. The van der Waals surface area contributed by atoms with E-state index in [1.165, 1.54) is 11.9 Å². The fraction of sp³-hybridized carbons (Fsp3) is 0.474. The summed E-state index contributed by atoms with van der Waals surface area (Å²) < 4.78 is 10.0. The second kappa shape index (κ2) is 10.2. The average Bonchev–Trinajstić information content (AvgIpc) is 3.03. The molecule has 2 rings (SSSR count). The Morgan fingerprint density at radius 3 is 2.54 bits per heavy atom. The molecule has 0 saturated heterocycles. The lowest BCUT2D eigenvalue weighted by Crippen LogP contribution is -2.31. The number of benzene rings is 1. The molecule has 1 aromatic heterocycles. The largest absolute Gasteiger partial charge is 0.464 e. The van der Waals surface area contributed by atoms with Gasteiger partial charge in [-0.3, -0.25) is 4.79 Å². The molecule has 8 nitrogen and oxygen atoms in total. The minimum Gasteiger partial charge on any atom is -0.464 e. The summed E-state index contributed by atoms with van der Waals surface area (Å²) in [6.07, 6.45) is 0. The van der Waals surface area contributed by atoms with Gasteiger partial charge in [0.2, 0.25) is 0 Å². The second-order valence-corrected chi connectivity index (χ2v) is 8.10. The number of carbonyl (C=O) groups excluding carboxylic acids is 2. The van der Waals surface area contributed by atoms with Crippen LogP contribution >= 0.6 is 11.8 Å². The lowest BCUT2D eigenvalue weighted by molar-refractivity contribution is -0.153. The number of hydrogen-bond donors (Lipinski definition) is 1. The van der Waals surface area contributed by atoms with E-state index in [4.69, 9.17) is 9.47 Å². The molecule has 0 atom stereocenters. The number of nitrogens with one attached hydrogen (secondary N) is 1. The van der Waals surface area contributed by atoms with Crippen LogP contribution in [-0.2, 0) is 27.4 Å². The van der Waals surface area contributed by atoms with Crippen LogP contribution in [0.25, 0.3) is 0 Å². The van der Waals surface area contributed by atoms with Crippen LogP contribution in [0.3, 0.4) is 0 Å². The van der Waals surface area contributed by atoms with E-state index in [9.17, 15) is 9.59 Å². The van der Waals surface area contributed by atoms with Crippen molar-refractivity contribution in [2.24, 2.45) is 0 Å². The quantitative estimate of drug-likeness (QED) is 0.501. The zero-order valence-electron chi connectivity index (χ0n) is 16.6. The number of carbonyl (C=O) groups is 2. The number of nitrogens with zero attached hydrogens (tertiary/aromatic N) is 3. The predicted molar refractivity (Wildman–Crippen MR) is 106 cm³/mol. The highest BCUT2D eigenvalue weighted by molar-refractivity contribution is 7.99. The van der Waals surface area contributed by atoms with E-state index >= 15 is 0 Å². The first kappa shape index (κ1) is 21.9. The van der Waals surface area contributed by atoms with Crippen LogP contribution in [-0.4, -0.2) is 51.9 Å². The zero-order valence-corrected chi connectivity index (χ0v) is 17.4. The Labute approximate surface area is 169 Å². The van der Waals surface area contributed by atoms with Gasteiger partial charge in [0.15, 0.2) is 5.69 Å². The molecule has 152 valence electrons. The van der Waals surface area contributed by atoms with Gasteiger partial charge in [-0.05, 0) is 32.9 Å². The van der Waals surface area contributed by atoms with Crippen molar-refractivity contribution in [2.45, 2.75) is 44.4 Å². The average molecular weight is 407 g/mol. The Bertz CT molecular complexity index is 787. The highest BCUT2D eigenvalue weighted by Gasteiger charge is 2.20. The molecule has 0 radical (unpaired) electrons. The Morgan fingerprint density at radius 1 is 1.18 bits per heavy atom. The molecule has 0 aliphatic rings. The van der Waals surface area contributed by atoms with E-state index < -0.39 is 11.6 Å². The number of aryl methyl sites for hydroxylation is 1. The standard InChI is InChI=1S/C19H26N4O4S/c1-19(2,3)27-16(24)13-20-12-15-17(18(25)26-4)22-23(21-15)10-11-28-14-8-6-5-7-9-14/h5-9,20H,10-13H2,1-4H3. The van der Waals surface area contributed by atoms with Gasteiger partial charge in [0.1, 0.15) is 11.3 Å². The number of esters is 2. The molecule has 1 aromatic carbocycles. The molecule has 28 heavy (non-hydrogen) atoms. The van der Waals surface area contributed by atoms with Gasteiger partial charge in [0.25, 0.3) is 0 Å². The molecule has 0 spiro atoms. The van der Waals surface area contributed by atoms with E-state index in [2.05, 4.69) is 15.5 Å². The number of thioether (sulfide) groups is 1. The maximum absolute atomic E-state index is 12.0. The fourth-order valence-corrected chi connectivity index (χ4v) is 3.12. The summed E-state index contributed by atoms with van der Waals surface area (Å²) in [5, 5.41) is 11.5. The van der Waals surface area contributed by atoms with Gasteiger partial charge in [-0.2, -0.15) is 9.90 Å².